The van der Waals surface area contributed by atoms with Crippen molar-refractivity contribution in [3.8, 4) is 0 Å². The molecule has 1 unspecified atom stereocenters. The minimum atomic E-state index is -0.127. The van der Waals surface area contributed by atoms with Crippen LogP contribution in [-0.4, -0.2) is 41.0 Å². The summed E-state index contributed by atoms with van der Waals surface area (Å²) in [4.78, 5) is 13.4. The Labute approximate surface area is 78.7 Å². The van der Waals surface area contributed by atoms with Crippen molar-refractivity contribution in [2.24, 2.45) is 0 Å². The van der Waals surface area contributed by atoms with Gasteiger partial charge in [-0.3, -0.25) is 9.69 Å². The molecule has 1 aliphatic carbocycles. The van der Waals surface area contributed by atoms with E-state index in [1.165, 1.54) is 0 Å². The lowest BCUT2D eigenvalue weighted by Gasteiger charge is -2.30. The van der Waals surface area contributed by atoms with Gasteiger partial charge in [0.2, 0.25) is 0 Å². The molecule has 1 heterocycles. The van der Waals surface area contributed by atoms with Gasteiger partial charge in [-0.2, -0.15) is 0 Å². The van der Waals surface area contributed by atoms with E-state index in [2.05, 4.69) is 4.90 Å². The first-order chi connectivity index (χ1) is 6.25. The predicted octanol–water partition coefficient (Wildman–Crippen LogP) is 0.565. The average molecular weight is 183 g/mol. The molecule has 0 aromatic carbocycles. The fraction of sp³-hybridized carbons (Fsp3) is 0.900. The van der Waals surface area contributed by atoms with E-state index in [0.29, 0.717) is 11.8 Å². The summed E-state index contributed by atoms with van der Waals surface area (Å²) < 4.78 is 0. The summed E-state index contributed by atoms with van der Waals surface area (Å²) in [7, 11) is 0. The van der Waals surface area contributed by atoms with E-state index in [4.69, 9.17) is 0 Å². The summed E-state index contributed by atoms with van der Waals surface area (Å²) in [6, 6.07) is 0.565. The van der Waals surface area contributed by atoms with Crippen molar-refractivity contribution >= 4 is 5.78 Å². The Morgan fingerprint density at radius 1 is 1.23 bits per heavy atom. The van der Waals surface area contributed by atoms with Gasteiger partial charge in [-0.1, -0.05) is 0 Å². The molecule has 1 saturated heterocycles. The number of nitrogens with zero attached hydrogens (tertiary/aromatic N) is 1. The quantitative estimate of drug-likeness (QED) is 0.646. The molecule has 2 fully saturated rings. The van der Waals surface area contributed by atoms with Crippen LogP contribution < -0.4 is 0 Å². The van der Waals surface area contributed by atoms with Crippen LogP contribution in [-0.2, 0) is 4.79 Å². The van der Waals surface area contributed by atoms with Crippen molar-refractivity contribution in [1.82, 2.24) is 4.90 Å². The van der Waals surface area contributed by atoms with E-state index in [9.17, 15) is 9.90 Å². The maximum Gasteiger partial charge on any atom is 0.133 e. The lowest BCUT2D eigenvalue weighted by atomic mass is 9.93. The zero-order valence-corrected chi connectivity index (χ0v) is 7.91. The van der Waals surface area contributed by atoms with Crippen molar-refractivity contribution in [3.05, 3.63) is 0 Å². The maximum absolute atomic E-state index is 11.0. The molecule has 0 spiro atoms. The van der Waals surface area contributed by atoms with Crippen molar-refractivity contribution in [1.29, 1.82) is 0 Å². The Kier molecular flexibility index (Phi) is 2.65. The summed E-state index contributed by atoms with van der Waals surface area (Å²) >= 11 is 0. The monoisotopic (exact) mass is 183 g/mol. The second-order valence-corrected chi connectivity index (χ2v) is 4.21. The Bertz CT molecular complexity index is 195. The zero-order chi connectivity index (χ0) is 9.26. The molecule has 1 N–H and O–H groups in total. The Morgan fingerprint density at radius 2 is 1.92 bits per heavy atom. The molecule has 1 aliphatic heterocycles. The van der Waals surface area contributed by atoms with E-state index >= 15 is 0 Å². The Balaban J connectivity index is 1.84. The van der Waals surface area contributed by atoms with Gasteiger partial charge in [0, 0.05) is 32.0 Å². The lowest BCUT2D eigenvalue weighted by Crippen LogP contribution is -2.37. The number of β-amino-alcohol motifs (C(OH)–C–C–N with tert-alkyl or cyclic N) is 1. The fourth-order valence-electron chi connectivity index (χ4n) is 2.39. The maximum atomic E-state index is 11.0. The number of aliphatic hydroxyl groups excluding tert-OH is 1. The summed E-state index contributed by atoms with van der Waals surface area (Å²) in [6.07, 6.45) is 4.29. The van der Waals surface area contributed by atoms with Crippen LogP contribution in [0.1, 0.15) is 32.1 Å². The third-order valence-electron chi connectivity index (χ3n) is 3.22. The van der Waals surface area contributed by atoms with Crippen LogP contribution in [0.4, 0.5) is 0 Å². The molecule has 3 nitrogen and oxygen atoms in total. The van der Waals surface area contributed by atoms with Gasteiger partial charge in [-0.25, -0.2) is 0 Å². The number of aliphatic hydroxyl groups is 1. The normalized spacial score (nSPS) is 32.7. The van der Waals surface area contributed by atoms with Gasteiger partial charge in [0.1, 0.15) is 5.78 Å². The summed E-state index contributed by atoms with van der Waals surface area (Å²) in [5.41, 5.74) is 0. The number of hydrogen-bond donors (Lipinski definition) is 1. The van der Waals surface area contributed by atoms with Gasteiger partial charge in [0.05, 0.1) is 6.10 Å². The highest BCUT2D eigenvalue weighted by Crippen LogP contribution is 2.23. The first-order valence-corrected chi connectivity index (χ1v) is 5.19. The molecular weight excluding hydrogens is 166 g/mol. The third-order valence-corrected chi connectivity index (χ3v) is 3.22. The lowest BCUT2D eigenvalue weighted by molar-refractivity contribution is -0.121. The van der Waals surface area contributed by atoms with Gasteiger partial charge in [-0.05, 0) is 19.3 Å². The molecule has 3 heteroatoms. The van der Waals surface area contributed by atoms with Crippen molar-refractivity contribution in [2.45, 2.75) is 44.2 Å². The van der Waals surface area contributed by atoms with Crippen LogP contribution >= 0.6 is 0 Å². The second kappa shape index (κ2) is 3.76. The van der Waals surface area contributed by atoms with E-state index in [0.717, 1.165) is 45.2 Å². The molecule has 1 atom stereocenters. The molecule has 1 saturated carbocycles. The summed E-state index contributed by atoms with van der Waals surface area (Å²) in [5, 5.41) is 9.37. The average Bonchev–Trinajstić information content (AvgIpc) is 2.53. The van der Waals surface area contributed by atoms with Crippen molar-refractivity contribution in [2.75, 3.05) is 13.1 Å². The van der Waals surface area contributed by atoms with Gasteiger partial charge < -0.3 is 5.11 Å². The smallest absolute Gasteiger partial charge is 0.133 e. The van der Waals surface area contributed by atoms with E-state index in [1.54, 1.807) is 0 Å². The predicted molar refractivity (Wildman–Crippen MR) is 49.5 cm³/mol. The molecule has 0 bridgehead atoms. The van der Waals surface area contributed by atoms with Gasteiger partial charge in [0.15, 0.2) is 0 Å². The van der Waals surface area contributed by atoms with Crippen LogP contribution in [0.25, 0.3) is 0 Å². The number of rotatable bonds is 1. The summed E-state index contributed by atoms with van der Waals surface area (Å²) in [5.74, 6) is 0.413. The molecule has 2 aliphatic rings. The number of hydrogen-bond acceptors (Lipinski definition) is 3. The first kappa shape index (κ1) is 9.16. The standard InChI is InChI=1S/C10H17NO2/c12-9-3-1-8(2-4-9)11-6-5-10(13)7-11/h8,10,13H,1-7H2. The highest BCUT2D eigenvalue weighted by Gasteiger charge is 2.29. The Morgan fingerprint density at radius 3 is 2.46 bits per heavy atom. The van der Waals surface area contributed by atoms with E-state index < -0.39 is 0 Å². The summed E-state index contributed by atoms with van der Waals surface area (Å²) in [6.45, 7) is 1.83. The van der Waals surface area contributed by atoms with Crippen LogP contribution in [0.2, 0.25) is 0 Å². The number of carbonyl (C=O) groups excluding carboxylic acids is 1. The highest BCUT2D eigenvalue weighted by atomic mass is 16.3. The molecule has 0 aromatic rings. The molecule has 0 aromatic heterocycles. The minimum Gasteiger partial charge on any atom is -0.392 e. The number of Topliss-reactive ketones (excluding diaryl/α,β-unsaturated/α-hetero) is 1. The first-order valence-electron chi connectivity index (χ1n) is 5.19. The van der Waals surface area contributed by atoms with Crippen LogP contribution in [0.5, 0.6) is 0 Å². The molecular formula is C10H17NO2. The SMILES string of the molecule is O=C1CCC(N2CCC(O)C2)CC1. The van der Waals surface area contributed by atoms with Crippen LogP contribution in [0, 0.1) is 0 Å². The molecule has 2 rings (SSSR count). The van der Waals surface area contributed by atoms with E-state index in [1.807, 2.05) is 0 Å². The topological polar surface area (TPSA) is 40.5 Å². The highest BCUT2D eigenvalue weighted by molar-refractivity contribution is 5.79. The fourth-order valence-corrected chi connectivity index (χ4v) is 2.39. The third kappa shape index (κ3) is 2.09. The second-order valence-electron chi connectivity index (χ2n) is 4.21. The molecule has 13 heavy (non-hydrogen) atoms. The Hall–Kier alpha value is -0.410. The molecule has 74 valence electrons. The van der Waals surface area contributed by atoms with Gasteiger partial charge in [0.25, 0.3) is 0 Å². The number of carbonyl (C=O) groups is 1. The van der Waals surface area contributed by atoms with Crippen molar-refractivity contribution < 1.29 is 9.90 Å². The van der Waals surface area contributed by atoms with Crippen LogP contribution in [0.3, 0.4) is 0 Å². The number of likely N-dealkylation sites (tertiary alicyclic amines) is 1. The minimum absolute atomic E-state index is 0.127. The van der Waals surface area contributed by atoms with Gasteiger partial charge >= 0.3 is 0 Å². The molecule has 0 amide bonds. The van der Waals surface area contributed by atoms with Crippen LogP contribution in [0.15, 0.2) is 0 Å². The van der Waals surface area contributed by atoms with Crippen molar-refractivity contribution in [3.63, 3.8) is 0 Å². The largest absolute Gasteiger partial charge is 0.392 e. The van der Waals surface area contributed by atoms with Gasteiger partial charge in [-0.15, -0.1) is 0 Å². The molecule has 0 radical (unpaired) electrons. The zero-order valence-electron chi connectivity index (χ0n) is 7.91. The number of ketones is 1. The van der Waals surface area contributed by atoms with E-state index in [-0.39, 0.29) is 6.10 Å².